The van der Waals surface area contributed by atoms with Crippen LogP contribution >= 0.6 is 12.2 Å². The van der Waals surface area contributed by atoms with E-state index in [1.807, 2.05) is 24.3 Å². The summed E-state index contributed by atoms with van der Waals surface area (Å²) in [5.41, 5.74) is 2.22. The summed E-state index contributed by atoms with van der Waals surface area (Å²) in [7, 11) is 0. The van der Waals surface area contributed by atoms with Crippen LogP contribution in [0.2, 0.25) is 0 Å². The average molecular weight is 271 g/mol. The standard InChI is InChI=1S/C13H9N3O2S/c17-11-9(12(18)16-13(19)15-11)5-7-6-14-10-4-2-1-3-8(7)10/h1-6H,(H3,15,16,17,18,19)/b7-5+. The number of rotatable bonds is 1. The predicted molar refractivity (Wildman–Crippen MR) is 76.4 cm³/mol. The number of para-hydroxylation sites is 1. The zero-order chi connectivity index (χ0) is 13.4. The molecule has 0 saturated carbocycles. The Morgan fingerprint density at radius 1 is 1.26 bits per heavy atom. The first kappa shape index (κ1) is 11.6. The van der Waals surface area contributed by atoms with Crippen molar-refractivity contribution in [3.63, 3.8) is 0 Å². The summed E-state index contributed by atoms with van der Waals surface area (Å²) in [4.78, 5) is 20.9. The number of fused-ring (bicyclic) bond motifs is 1. The Kier molecular flexibility index (Phi) is 2.64. The van der Waals surface area contributed by atoms with Crippen LogP contribution in [0.1, 0.15) is 11.1 Å². The minimum Gasteiger partial charge on any atom is -0.494 e. The molecule has 2 aromatic rings. The number of aromatic nitrogens is 2. The molecule has 6 heteroatoms. The van der Waals surface area contributed by atoms with Crippen LogP contribution in [0.5, 0.6) is 5.88 Å². The molecule has 0 unspecified atom stereocenters. The Labute approximate surface area is 113 Å². The fourth-order valence-electron chi connectivity index (χ4n) is 1.93. The van der Waals surface area contributed by atoms with Crippen molar-refractivity contribution in [2.45, 2.75) is 0 Å². The molecule has 0 aliphatic carbocycles. The minimum atomic E-state index is -0.438. The number of hydrogen-bond donors (Lipinski definition) is 3. The van der Waals surface area contributed by atoms with Crippen molar-refractivity contribution in [1.82, 2.24) is 9.97 Å². The molecule has 0 bridgehead atoms. The molecule has 0 fully saturated rings. The first-order valence-corrected chi connectivity index (χ1v) is 5.97. The van der Waals surface area contributed by atoms with Gasteiger partial charge >= 0.3 is 0 Å². The van der Waals surface area contributed by atoms with Gasteiger partial charge in [-0.05, 0) is 24.4 Å². The summed E-state index contributed by atoms with van der Waals surface area (Å²) in [5.74, 6) is -0.251. The van der Waals surface area contributed by atoms with Crippen LogP contribution in [0.15, 0.2) is 34.1 Å². The monoisotopic (exact) mass is 271 g/mol. The van der Waals surface area contributed by atoms with Crippen LogP contribution in [0, 0.1) is 4.77 Å². The smallest absolute Gasteiger partial charge is 0.262 e. The van der Waals surface area contributed by atoms with E-state index in [9.17, 15) is 9.90 Å². The van der Waals surface area contributed by atoms with Crippen molar-refractivity contribution in [2.24, 2.45) is 4.99 Å². The quantitative estimate of drug-likeness (QED) is 0.696. The first-order valence-electron chi connectivity index (χ1n) is 5.56. The molecular weight excluding hydrogens is 262 g/mol. The molecule has 5 nitrogen and oxygen atoms in total. The number of aromatic hydroxyl groups is 1. The lowest BCUT2D eigenvalue weighted by Crippen LogP contribution is -2.11. The third-order valence-corrected chi connectivity index (χ3v) is 3.02. The van der Waals surface area contributed by atoms with E-state index in [-0.39, 0.29) is 16.2 Å². The fourth-order valence-corrected chi connectivity index (χ4v) is 2.12. The van der Waals surface area contributed by atoms with Crippen LogP contribution in [0.3, 0.4) is 0 Å². The molecular formula is C13H9N3O2S. The SMILES string of the molecule is O=c1[nH]c(=S)[nH]c(O)c1/C=C1\C=Nc2ccccc21. The summed E-state index contributed by atoms with van der Waals surface area (Å²) in [6.07, 6.45) is 3.24. The number of hydrogen-bond acceptors (Lipinski definition) is 4. The number of benzene rings is 1. The summed E-state index contributed by atoms with van der Waals surface area (Å²) in [6, 6.07) is 7.58. The van der Waals surface area contributed by atoms with Crippen molar-refractivity contribution in [2.75, 3.05) is 0 Å². The topological polar surface area (TPSA) is 81.2 Å². The highest BCUT2D eigenvalue weighted by Crippen LogP contribution is 2.32. The molecule has 0 atom stereocenters. The summed E-state index contributed by atoms with van der Waals surface area (Å²) < 4.78 is 0.0881. The molecule has 1 aromatic carbocycles. The van der Waals surface area contributed by atoms with Crippen molar-refractivity contribution < 1.29 is 5.11 Å². The van der Waals surface area contributed by atoms with Gasteiger partial charge in [0.2, 0.25) is 5.88 Å². The van der Waals surface area contributed by atoms with E-state index in [1.54, 1.807) is 12.3 Å². The zero-order valence-corrected chi connectivity index (χ0v) is 10.5. The summed E-state index contributed by atoms with van der Waals surface area (Å²) >= 11 is 4.77. The zero-order valence-electron chi connectivity index (χ0n) is 9.68. The van der Waals surface area contributed by atoms with Crippen LogP contribution in [-0.4, -0.2) is 21.3 Å². The van der Waals surface area contributed by atoms with E-state index in [0.29, 0.717) is 0 Å². The molecule has 94 valence electrons. The third-order valence-electron chi connectivity index (χ3n) is 2.82. The molecule has 2 heterocycles. The Balaban J connectivity index is 2.18. The van der Waals surface area contributed by atoms with E-state index in [4.69, 9.17) is 12.2 Å². The largest absolute Gasteiger partial charge is 0.494 e. The van der Waals surface area contributed by atoms with Crippen LogP contribution in [0.25, 0.3) is 11.6 Å². The number of aromatic amines is 2. The van der Waals surface area contributed by atoms with Crippen LogP contribution in [0.4, 0.5) is 5.69 Å². The van der Waals surface area contributed by atoms with E-state index in [1.165, 1.54) is 0 Å². The van der Waals surface area contributed by atoms with E-state index in [2.05, 4.69) is 15.0 Å². The lowest BCUT2D eigenvalue weighted by Gasteiger charge is -2.01. The number of nitrogens with zero attached hydrogens (tertiary/aromatic N) is 1. The van der Waals surface area contributed by atoms with Gasteiger partial charge in [0, 0.05) is 17.4 Å². The molecule has 3 N–H and O–H groups in total. The minimum absolute atomic E-state index is 0.0881. The van der Waals surface area contributed by atoms with E-state index < -0.39 is 5.56 Å². The van der Waals surface area contributed by atoms with Crippen molar-refractivity contribution >= 4 is 35.8 Å². The van der Waals surface area contributed by atoms with Gasteiger partial charge in [-0.3, -0.25) is 14.8 Å². The molecule has 1 aliphatic heterocycles. The molecule has 3 rings (SSSR count). The van der Waals surface area contributed by atoms with Crippen molar-refractivity contribution in [3.05, 3.63) is 50.5 Å². The molecule has 1 aliphatic rings. The van der Waals surface area contributed by atoms with Crippen molar-refractivity contribution in [1.29, 1.82) is 0 Å². The highest BCUT2D eigenvalue weighted by Gasteiger charge is 2.13. The lowest BCUT2D eigenvalue weighted by atomic mass is 10.1. The Morgan fingerprint density at radius 3 is 2.84 bits per heavy atom. The number of allylic oxidation sites excluding steroid dienone is 1. The molecule has 1 aromatic heterocycles. The number of H-pyrrole nitrogens is 2. The molecule has 19 heavy (non-hydrogen) atoms. The maximum absolute atomic E-state index is 11.8. The highest BCUT2D eigenvalue weighted by atomic mass is 32.1. The third kappa shape index (κ3) is 2.02. The lowest BCUT2D eigenvalue weighted by molar-refractivity contribution is 0.448. The van der Waals surface area contributed by atoms with E-state index in [0.717, 1.165) is 16.8 Å². The van der Waals surface area contributed by atoms with Gasteiger partial charge < -0.3 is 10.1 Å². The Hall–Kier alpha value is -2.47. The first-order chi connectivity index (χ1) is 9.15. The van der Waals surface area contributed by atoms with Gasteiger partial charge in [0.1, 0.15) is 5.56 Å². The molecule has 0 spiro atoms. The van der Waals surface area contributed by atoms with Crippen molar-refractivity contribution in [3.8, 4) is 5.88 Å². The van der Waals surface area contributed by atoms with Gasteiger partial charge in [0.15, 0.2) is 4.77 Å². The maximum Gasteiger partial charge on any atom is 0.262 e. The predicted octanol–water partition coefficient (Wildman–Crippen LogP) is 2.39. The molecule has 0 radical (unpaired) electrons. The second-order valence-corrected chi connectivity index (χ2v) is 4.45. The van der Waals surface area contributed by atoms with Gasteiger partial charge in [-0.2, -0.15) is 0 Å². The molecule has 0 amide bonds. The maximum atomic E-state index is 11.8. The number of aliphatic imine (C=N–C) groups is 1. The fraction of sp³-hybridized carbons (Fsp3) is 0. The van der Waals surface area contributed by atoms with Gasteiger partial charge in [0.25, 0.3) is 5.56 Å². The van der Waals surface area contributed by atoms with Gasteiger partial charge in [-0.25, -0.2) is 0 Å². The van der Waals surface area contributed by atoms with Crippen LogP contribution < -0.4 is 5.56 Å². The number of nitrogens with one attached hydrogen (secondary N) is 2. The Bertz CT molecular complexity index is 830. The van der Waals surface area contributed by atoms with Crippen LogP contribution in [-0.2, 0) is 0 Å². The highest BCUT2D eigenvalue weighted by molar-refractivity contribution is 7.71. The Morgan fingerprint density at radius 2 is 2.05 bits per heavy atom. The second-order valence-electron chi connectivity index (χ2n) is 4.05. The second kappa shape index (κ2) is 4.33. The van der Waals surface area contributed by atoms with Gasteiger partial charge in [0.05, 0.1) is 5.69 Å². The summed E-state index contributed by atoms with van der Waals surface area (Å²) in [6.45, 7) is 0. The average Bonchev–Trinajstić information content (AvgIpc) is 2.77. The molecule has 0 saturated heterocycles. The van der Waals surface area contributed by atoms with E-state index >= 15 is 0 Å². The normalized spacial score (nSPS) is 14.8. The summed E-state index contributed by atoms with van der Waals surface area (Å²) in [5, 5.41) is 9.75. The van der Waals surface area contributed by atoms with Gasteiger partial charge in [-0.1, -0.05) is 18.2 Å². The van der Waals surface area contributed by atoms with Gasteiger partial charge in [-0.15, -0.1) is 0 Å².